The fourth-order valence-corrected chi connectivity index (χ4v) is 3.11. The summed E-state index contributed by atoms with van der Waals surface area (Å²) in [5, 5.41) is 6.27. The molecule has 108 valence electrons. The normalized spacial score (nSPS) is 21.7. The Morgan fingerprint density at radius 1 is 1.37 bits per heavy atom. The van der Waals surface area contributed by atoms with Crippen LogP contribution in [0.1, 0.15) is 31.6 Å². The Kier molecular flexibility index (Phi) is 4.02. The molecule has 1 aliphatic rings. The van der Waals surface area contributed by atoms with E-state index in [9.17, 15) is 17.2 Å². The Hall–Kier alpha value is -1.25. The molecular formula is C10H15F2N3O3S. The van der Waals surface area contributed by atoms with Crippen molar-refractivity contribution in [2.75, 3.05) is 24.2 Å². The first kappa shape index (κ1) is 14.2. The molecule has 1 aromatic heterocycles. The standard InChI is InChI=1S/C10H15F2N3O3S/c1-19(16,17)7-4-2-3-5-15(6-7)10-14-13-9(18-10)8(11)12/h7-8H,2-6H2,1H3/t7-/m0/s1. The number of hydrogen-bond donors (Lipinski definition) is 0. The van der Waals surface area contributed by atoms with Crippen LogP contribution in [-0.4, -0.2) is 43.2 Å². The summed E-state index contributed by atoms with van der Waals surface area (Å²) in [7, 11) is -3.18. The summed E-state index contributed by atoms with van der Waals surface area (Å²) < 4.78 is 52.9. The van der Waals surface area contributed by atoms with Crippen molar-refractivity contribution in [2.45, 2.75) is 30.9 Å². The van der Waals surface area contributed by atoms with Crippen LogP contribution in [0.3, 0.4) is 0 Å². The monoisotopic (exact) mass is 295 g/mol. The van der Waals surface area contributed by atoms with Crippen LogP contribution >= 0.6 is 0 Å². The molecule has 0 aliphatic carbocycles. The summed E-state index contributed by atoms with van der Waals surface area (Å²) in [4.78, 5) is 1.57. The molecule has 1 atom stereocenters. The van der Waals surface area contributed by atoms with Crippen LogP contribution in [0.4, 0.5) is 14.8 Å². The molecule has 0 N–H and O–H groups in total. The van der Waals surface area contributed by atoms with Gasteiger partial charge in [0.05, 0.1) is 5.25 Å². The van der Waals surface area contributed by atoms with Gasteiger partial charge in [-0.3, -0.25) is 0 Å². The number of aromatic nitrogens is 2. The number of alkyl halides is 2. The van der Waals surface area contributed by atoms with Crippen molar-refractivity contribution in [1.82, 2.24) is 10.2 Å². The lowest BCUT2D eigenvalue weighted by Gasteiger charge is -2.21. The third-order valence-corrected chi connectivity index (χ3v) is 4.72. The molecule has 2 heterocycles. The molecule has 1 aliphatic heterocycles. The molecule has 19 heavy (non-hydrogen) atoms. The zero-order valence-corrected chi connectivity index (χ0v) is 11.2. The summed E-state index contributed by atoms with van der Waals surface area (Å²) >= 11 is 0. The second-order valence-corrected chi connectivity index (χ2v) is 6.94. The van der Waals surface area contributed by atoms with Crippen LogP contribution in [0, 0.1) is 0 Å². The van der Waals surface area contributed by atoms with E-state index in [4.69, 9.17) is 4.42 Å². The van der Waals surface area contributed by atoms with E-state index in [-0.39, 0.29) is 12.6 Å². The van der Waals surface area contributed by atoms with Crippen molar-refractivity contribution in [3.05, 3.63) is 5.89 Å². The van der Waals surface area contributed by atoms with E-state index in [1.165, 1.54) is 6.26 Å². The van der Waals surface area contributed by atoms with E-state index in [0.29, 0.717) is 13.0 Å². The highest BCUT2D eigenvalue weighted by Gasteiger charge is 2.29. The fraction of sp³-hybridized carbons (Fsp3) is 0.800. The topological polar surface area (TPSA) is 76.3 Å². The molecule has 1 fully saturated rings. The van der Waals surface area contributed by atoms with E-state index < -0.39 is 27.4 Å². The summed E-state index contributed by atoms with van der Waals surface area (Å²) in [6, 6.07) is -0.0362. The van der Waals surface area contributed by atoms with Crippen LogP contribution in [0.15, 0.2) is 4.42 Å². The Balaban J connectivity index is 2.17. The third kappa shape index (κ3) is 3.40. The van der Waals surface area contributed by atoms with Crippen LogP contribution in [0.5, 0.6) is 0 Å². The van der Waals surface area contributed by atoms with Crippen molar-refractivity contribution in [2.24, 2.45) is 0 Å². The summed E-state index contributed by atoms with van der Waals surface area (Å²) in [6.45, 7) is 0.723. The van der Waals surface area contributed by atoms with Gasteiger partial charge in [0, 0.05) is 19.3 Å². The molecule has 1 aromatic rings. The van der Waals surface area contributed by atoms with E-state index in [2.05, 4.69) is 10.2 Å². The highest BCUT2D eigenvalue weighted by Crippen LogP contribution is 2.24. The number of nitrogens with zero attached hydrogens (tertiary/aromatic N) is 3. The predicted octanol–water partition coefficient (Wildman–Crippen LogP) is 1.41. The van der Waals surface area contributed by atoms with Gasteiger partial charge in [0.25, 0.3) is 5.89 Å². The lowest BCUT2D eigenvalue weighted by atomic mass is 10.2. The van der Waals surface area contributed by atoms with Crippen molar-refractivity contribution in [3.63, 3.8) is 0 Å². The van der Waals surface area contributed by atoms with Gasteiger partial charge < -0.3 is 9.32 Å². The van der Waals surface area contributed by atoms with Gasteiger partial charge >= 0.3 is 12.4 Å². The minimum atomic E-state index is -3.18. The zero-order chi connectivity index (χ0) is 14.0. The van der Waals surface area contributed by atoms with Gasteiger partial charge in [-0.2, -0.15) is 8.78 Å². The van der Waals surface area contributed by atoms with Gasteiger partial charge in [-0.05, 0) is 12.8 Å². The molecule has 0 spiro atoms. The van der Waals surface area contributed by atoms with Gasteiger partial charge in [-0.15, -0.1) is 5.10 Å². The zero-order valence-electron chi connectivity index (χ0n) is 10.4. The van der Waals surface area contributed by atoms with Gasteiger partial charge in [-0.1, -0.05) is 11.5 Å². The lowest BCUT2D eigenvalue weighted by Crippen LogP contribution is -2.35. The SMILES string of the molecule is CS(=O)(=O)[C@H]1CCCCN(c2nnc(C(F)F)o2)C1. The van der Waals surface area contributed by atoms with E-state index in [0.717, 1.165) is 12.8 Å². The molecule has 0 radical (unpaired) electrons. The summed E-state index contributed by atoms with van der Waals surface area (Å²) in [6.07, 6.45) is 0.451. The average Bonchev–Trinajstić information content (AvgIpc) is 2.66. The first-order chi connectivity index (χ1) is 8.88. The predicted molar refractivity (Wildman–Crippen MR) is 64.0 cm³/mol. The van der Waals surface area contributed by atoms with Crippen molar-refractivity contribution < 1.29 is 21.6 Å². The molecule has 0 saturated carbocycles. The Morgan fingerprint density at radius 2 is 2.11 bits per heavy atom. The Morgan fingerprint density at radius 3 is 2.68 bits per heavy atom. The number of rotatable bonds is 3. The fourth-order valence-electron chi connectivity index (χ4n) is 2.07. The maximum atomic E-state index is 12.4. The smallest absolute Gasteiger partial charge is 0.318 e. The van der Waals surface area contributed by atoms with Crippen LogP contribution in [0.2, 0.25) is 0 Å². The van der Waals surface area contributed by atoms with E-state index in [1.54, 1.807) is 4.90 Å². The molecule has 9 heteroatoms. The maximum absolute atomic E-state index is 12.4. The number of sulfone groups is 1. The minimum absolute atomic E-state index is 0.0362. The molecule has 1 saturated heterocycles. The highest BCUT2D eigenvalue weighted by molar-refractivity contribution is 7.91. The maximum Gasteiger partial charge on any atom is 0.318 e. The first-order valence-corrected chi connectivity index (χ1v) is 7.88. The van der Waals surface area contributed by atoms with Gasteiger partial charge in [0.2, 0.25) is 0 Å². The van der Waals surface area contributed by atoms with Crippen LogP contribution < -0.4 is 4.90 Å². The van der Waals surface area contributed by atoms with Gasteiger partial charge in [0.15, 0.2) is 9.84 Å². The molecule has 2 rings (SSSR count). The summed E-state index contributed by atoms with van der Waals surface area (Å²) in [5.41, 5.74) is 0. The van der Waals surface area contributed by atoms with Crippen LogP contribution in [0.25, 0.3) is 0 Å². The average molecular weight is 295 g/mol. The third-order valence-electron chi connectivity index (χ3n) is 3.12. The van der Waals surface area contributed by atoms with Crippen molar-refractivity contribution in [3.8, 4) is 0 Å². The van der Waals surface area contributed by atoms with Crippen molar-refractivity contribution in [1.29, 1.82) is 0 Å². The summed E-state index contributed by atoms with van der Waals surface area (Å²) in [5.74, 6) is -0.741. The van der Waals surface area contributed by atoms with Crippen molar-refractivity contribution >= 4 is 15.9 Å². The number of hydrogen-bond acceptors (Lipinski definition) is 6. The van der Waals surface area contributed by atoms with Crippen LogP contribution in [-0.2, 0) is 9.84 Å². The molecular weight excluding hydrogens is 280 g/mol. The van der Waals surface area contributed by atoms with Gasteiger partial charge in [0.1, 0.15) is 0 Å². The number of halogens is 2. The Labute approximate surface area is 109 Å². The molecule has 0 aromatic carbocycles. The quantitative estimate of drug-likeness (QED) is 0.839. The van der Waals surface area contributed by atoms with Gasteiger partial charge in [-0.25, -0.2) is 8.42 Å². The minimum Gasteiger partial charge on any atom is -0.402 e. The second-order valence-electron chi connectivity index (χ2n) is 4.62. The Bertz CT molecular complexity index is 532. The largest absolute Gasteiger partial charge is 0.402 e. The molecule has 0 amide bonds. The lowest BCUT2D eigenvalue weighted by molar-refractivity contribution is 0.115. The molecule has 0 unspecified atom stereocenters. The molecule has 6 nitrogen and oxygen atoms in total. The van der Waals surface area contributed by atoms with E-state index in [1.807, 2.05) is 0 Å². The van der Waals surface area contributed by atoms with E-state index >= 15 is 0 Å². The highest BCUT2D eigenvalue weighted by atomic mass is 32.2. The number of anilines is 1. The first-order valence-electron chi connectivity index (χ1n) is 5.93. The second kappa shape index (κ2) is 5.40. The molecule has 0 bridgehead atoms.